The molecular weight excluding hydrogens is 168 g/mol. The van der Waals surface area contributed by atoms with Gasteiger partial charge in [-0.05, 0) is 12.8 Å². The van der Waals surface area contributed by atoms with E-state index < -0.39 is 0 Å². The van der Waals surface area contributed by atoms with Crippen molar-refractivity contribution in [1.29, 1.82) is 0 Å². The highest BCUT2D eigenvalue weighted by molar-refractivity contribution is 7.15. The Morgan fingerprint density at radius 3 is 3.50 bits per heavy atom. The molecule has 3 rings (SSSR count). The van der Waals surface area contributed by atoms with Gasteiger partial charge in [-0.25, -0.2) is 4.98 Å². The summed E-state index contributed by atoms with van der Waals surface area (Å²) in [6.07, 6.45) is 4.61. The Morgan fingerprint density at radius 2 is 2.58 bits per heavy atom. The van der Waals surface area contributed by atoms with Gasteiger partial charge in [0.1, 0.15) is 0 Å². The van der Waals surface area contributed by atoms with Crippen LogP contribution in [-0.2, 0) is 6.42 Å². The zero-order valence-electron chi connectivity index (χ0n) is 6.95. The van der Waals surface area contributed by atoms with Crippen LogP contribution in [0.2, 0.25) is 0 Å². The first-order valence-corrected chi connectivity index (χ1v) is 5.18. The van der Waals surface area contributed by atoms with Crippen LogP contribution in [0.5, 0.6) is 0 Å². The largest absolute Gasteiger partial charge is 0.294 e. The van der Waals surface area contributed by atoms with Crippen LogP contribution in [0.15, 0.2) is 11.6 Å². The molecule has 2 aromatic rings. The lowest BCUT2D eigenvalue weighted by Crippen LogP contribution is -1.84. The molecule has 0 N–H and O–H groups in total. The normalized spacial score (nSPS) is 21.9. The lowest BCUT2D eigenvalue weighted by molar-refractivity contribution is 0.727. The SMILES string of the molecule is CC1CCc2c1nc1sccn21. The number of nitrogens with zero attached hydrogens (tertiary/aromatic N) is 2. The van der Waals surface area contributed by atoms with Gasteiger partial charge in [-0.1, -0.05) is 6.92 Å². The van der Waals surface area contributed by atoms with Gasteiger partial charge in [-0.2, -0.15) is 0 Å². The number of thiazole rings is 1. The van der Waals surface area contributed by atoms with Crippen molar-refractivity contribution in [3.8, 4) is 0 Å². The summed E-state index contributed by atoms with van der Waals surface area (Å²) in [4.78, 5) is 5.77. The average Bonchev–Trinajstić information content (AvgIpc) is 2.63. The van der Waals surface area contributed by atoms with Gasteiger partial charge >= 0.3 is 0 Å². The smallest absolute Gasteiger partial charge is 0.194 e. The molecule has 1 aliphatic rings. The molecule has 0 aromatic carbocycles. The number of imidazole rings is 1. The number of fused-ring (bicyclic) bond motifs is 3. The van der Waals surface area contributed by atoms with Gasteiger partial charge in [-0.15, -0.1) is 11.3 Å². The van der Waals surface area contributed by atoms with Crippen LogP contribution in [-0.4, -0.2) is 9.38 Å². The highest BCUT2D eigenvalue weighted by Crippen LogP contribution is 2.33. The topological polar surface area (TPSA) is 17.3 Å². The minimum Gasteiger partial charge on any atom is -0.294 e. The second kappa shape index (κ2) is 2.10. The van der Waals surface area contributed by atoms with Crippen LogP contribution in [0.4, 0.5) is 0 Å². The van der Waals surface area contributed by atoms with Crippen molar-refractivity contribution in [3.05, 3.63) is 23.0 Å². The molecule has 1 atom stereocenters. The van der Waals surface area contributed by atoms with E-state index >= 15 is 0 Å². The maximum Gasteiger partial charge on any atom is 0.194 e. The van der Waals surface area contributed by atoms with E-state index in [9.17, 15) is 0 Å². The molecule has 3 heteroatoms. The van der Waals surface area contributed by atoms with E-state index in [1.807, 2.05) is 0 Å². The summed E-state index contributed by atoms with van der Waals surface area (Å²) >= 11 is 1.73. The molecule has 0 bridgehead atoms. The van der Waals surface area contributed by atoms with Crippen molar-refractivity contribution >= 4 is 16.3 Å². The predicted molar refractivity (Wildman–Crippen MR) is 49.8 cm³/mol. The molecule has 0 spiro atoms. The molecule has 0 radical (unpaired) electrons. The number of aromatic nitrogens is 2. The van der Waals surface area contributed by atoms with Gasteiger partial charge in [0.05, 0.1) is 5.69 Å². The van der Waals surface area contributed by atoms with Crippen LogP contribution < -0.4 is 0 Å². The molecule has 2 aromatic heterocycles. The monoisotopic (exact) mass is 178 g/mol. The van der Waals surface area contributed by atoms with Crippen LogP contribution in [0.1, 0.15) is 30.7 Å². The van der Waals surface area contributed by atoms with E-state index in [2.05, 4.69) is 27.9 Å². The van der Waals surface area contributed by atoms with E-state index in [1.165, 1.54) is 24.2 Å². The van der Waals surface area contributed by atoms with E-state index in [4.69, 9.17) is 0 Å². The molecule has 2 heterocycles. The fourth-order valence-electron chi connectivity index (χ4n) is 1.98. The fourth-order valence-corrected chi connectivity index (χ4v) is 2.72. The third-order valence-electron chi connectivity index (χ3n) is 2.67. The highest BCUT2D eigenvalue weighted by atomic mass is 32.1. The predicted octanol–water partition coefficient (Wildman–Crippen LogP) is 2.45. The fraction of sp³-hybridized carbons (Fsp3) is 0.444. The molecule has 12 heavy (non-hydrogen) atoms. The Morgan fingerprint density at radius 1 is 1.67 bits per heavy atom. The van der Waals surface area contributed by atoms with Gasteiger partial charge in [0.2, 0.25) is 0 Å². The van der Waals surface area contributed by atoms with Crippen molar-refractivity contribution in [3.63, 3.8) is 0 Å². The van der Waals surface area contributed by atoms with Crippen molar-refractivity contribution in [1.82, 2.24) is 9.38 Å². The summed E-state index contributed by atoms with van der Waals surface area (Å²) in [7, 11) is 0. The van der Waals surface area contributed by atoms with Crippen molar-refractivity contribution in [2.45, 2.75) is 25.7 Å². The van der Waals surface area contributed by atoms with E-state index in [1.54, 1.807) is 11.3 Å². The number of hydrogen-bond donors (Lipinski definition) is 0. The number of aryl methyl sites for hydroxylation is 1. The quantitative estimate of drug-likeness (QED) is 0.605. The van der Waals surface area contributed by atoms with Crippen LogP contribution in [0.3, 0.4) is 0 Å². The molecular formula is C9H10N2S. The maximum absolute atomic E-state index is 4.62. The van der Waals surface area contributed by atoms with Crippen LogP contribution in [0, 0.1) is 0 Å². The Balaban J connectivity index is 2.38. The molecule has 1 unspecified atom stereocenters. The van der Waals surface area contributed by atoms with Gasteiger partial charge < -0.3 is 0 Å². The first-order valence-electron chi connectivity index (χ1n) is 4.30. The first kappa shape index (κ1) is 6.66. The van der Waals surface area contributed by atoms with Gasteiger partial charge in [0.25, 0.3) is 0 Å². The zero-order chi connectivity index (χ0) is 8.13. The summed E-state index contributed by atoms with van der Waals surface area (Å²) in [6.45, 7) is 2.27. The van der Waals surface area contributed by atoms with Crippen molar-refractivity contribution in [2.75, 3.05) is 0 Å². The van der Waals surface area contributed by atoms with Crippen LogP contribution in [0.25, 0.3) is 4.96 Å². The molecule has 0 aliphatic heterocycles. The number of rotatable bonds is 0. The zero-order valence-corrected chi connectivity index (χ0v) is 7.77. The standard InChI is InChI=1S/C9H10N2S/c1-6-2-3-7-8(6)10-9-11(7)4-5-12-9/h4-6H,2-3H2,1H3. The van der Waals surface area contributed by atoms with E-state index in [0.717, 1.165) is 4.96 Å². The first-order chi connectivity index (χ1) is 5.86. The van der Waals surface area contributed by atoms with Gasteiger partial charge in [0.15, 0.2) is 4.96 Å². The van der Waals surface area contributed by atoms with Crippen molar-refractivity contribution in [2.24, 2.45) is 0 Å². The third-order valence-corrected chi connectivity index (χ3v) is 3.43. The summed E-state index contributed by atoms with van der Waals surface area (Å²) in [5, 5.41) is 2.10. The van der Waals surface area contributed by atoms with Crippen molar-refractivity contribution < 1.29 is 0 Å². The van der Waals surface area contributed by atoms with Gasteiger partial charge in [-0.3, -0.25) is 4.40 Å². The summed E-state index contributed by atoms with van der Waals surface area (Å²) in [6, 6.07) is 0. The Bertz CT molecular complexity index is 427. The van der Waals surface area contributed by atoms with Crippen LogP contribution >= 0.6 is 11.3 Å². The average molecular weight is 178 g/mol. The molecule has 0 fully saturated rings. The molecule has 0 saturated carbocycles. The highest BCUT2D eigenvalue weighted by Gasteiger charge is 2.24. The maximum atomic E-state index is 4.62. The molecule has 62 valence electrons. The Hall–Kier alpha value is -0.830. The second-order valence-corrected chi connectivity index (χ2v) is 4.31. The van der Waals surface area contributed by atoms with E-state index in [-0.39, 0.29) is 0 Å². The van der Waals surface area contributed by atoms with E-state index in [0.29, 0.717) is 5.92 Å². The Kier molecular flexibility index (Phi) is 1.17. The molecule has 0 amide bonds. The van der Waals surface area contributed by atoms with Gasteiger partial charge in [0, 0.05) is 23.2 Å². The lowest BCUT2D eigenvalue weighted by Gasteiger charge is -1.94. The molecule has 2 nitrogen and oxygen atoms in total. The molecule has 1 aliphatic carbocycles. The summed E-state index contributed by atoms with van der Waals surface area (Å²) in [5.74, 6) is 0.673. The second-order valence-electron chi connectivity index (χ2n) is 3.44. The number of hydrogen-bond acceptors (Lipinski definition) is 2. The minimum absolute atomic E-state index is 0.673. The summed E-state index contributed by atoms with van der Waals surface area (Å²) in [5.41, 5.74) is 2.78. The summed E-state index contributed by atoms with van der Waals surface area (Å²) < 4.78 is 2.24. The lowest BCUT2D eigenvalue weighted by atomic mass is 10.1. The molecule has 0 saturated heterocycles. The minimum atomic E-state index is 0.673. The Labute approximate surface area is 74.9 Å². The third kappa shape index (κ3) is 0.672.